The normalized spacial score (nSPS) is 18.7. The Morgan fingerprint density at radius 1 is 1.26 bits per heavy atom. The van der Waals surface area contributed by atoms with Gasteiger partial charge in [-0.25, -0.2) is 4.79 Å². The van der Waals surface area contributed by atoms with Crippen molar-refractivity contribution in [3.05, 3.63) is 29.8 Å². The molecular weight excluding hydrogens is 294 g/mol. The molecule has 23 heavy (non-hydrogen) atoms. The van der Waals surface area contributed by atoms with Crippen LogP contribution in [0, 0.1) is 0 Å². The molecule has 2 rings (SSSR count). The number of carbonyl (C=O) groups is 2. The number of Topliss-reactive ketones (excluding diaryl/α,β-unsaturated/α-hetero) is 1. The van der Waals surface area contributed by atoms with Gasteiger partial charge < -0.3 is 14.4 Å². The van der Waals surface area contributed by atoms with Crippen LogP contribution in [0.2, 0.25) is 0 Å². The fourth-order valence-corrected chi connectivity index (χ4v) is 2.62. The van der Waals surface area contributed by atoms with Crippen LogP contribution in [0.15, 0.2) is 24.3 Å². The van der Waals surface area contributed by atoms with Crippen LogP contribution >= 0.6 is 0 Å². The molecule has 1 aromatic carbocycles. The van der Waals surface area contributed by atoms with Gasteiger partial charge >= 0.3 is 6.09 Å². The van der Waals surface area contributed by atoms with Gasteiger partial charge in [0.15, 0.2) is 5.78 Å². The van der Waals surface area contributed by atoms with E-state index in [0.29, 0.717) is 19.6 Å². The maximum Gasteiger partial charge on any atom is 0.410 e. The third-order valence-electron chi connectivity index (χ3n) is 3.67. The number of ketones is 1. The zero-order valence-corrected chi connectivity index (χ0v) is 14.3. The van der Waals surface area contributed by atoms with Gasteiger partial charge in [-0.05, 0) is 51.8 Å². The summed E-state index contributed by atoms with van der Waals surface area (Å²) in [4.78, 5) is 25.9. The van der Waals surface area contributed by atoms with Crippen molar-refractivity contribution in [1.82, 2.24) is 4.90 Å². The minimum atomic E-state index is -0.550. The second-order valence-corrected chi connectivity index (χ2v) is 6.71. The lowest BCUT2D eigenvalue weighted by Crippen LogP contribution is -2.45. The van der Waals surface area contributed by atoms with Crippen LogP contribution in [0.4, 0.5) is 4.79 Å². The molecule has 1 aromatic rings. The van der Waals surface area contributed by atoms with Gasteiger partial charge in [0.25, 0.3) is 0 Å². The lowest BCUT2D eigenvalue weighted by Gasteiger charge is -2.32. The van der Waals surface area contributed by atoms with Crippen LogP contribution in [-0.4, -0.2) is 42.1 Å². The Hall–Kier alpha value is -2.04. The summed E-state index contributed by atoms with van der Waals surface area (Å²) in [6.07, 6.45) is 0.197. The molecule has 1 aliphatic heterocycles. The molecule has 0 aliphatic carbocycles. The highest BCUT2D eigenvalue weighted by Crippen LogP contribution is 2.27. The Morgan fingerprint density at radius 2 is 1.91 bits per heavy atom. The number of carbonyl (C=O) groups excluding carboxylic acids is 2. The quantitative estimate of drug-likeness (QED) is 0.857. The van der Waals surface area contributed by atoms with E-state index in [1.807, 2.05) is 52.0 Å². The zero-order chi connectivity index (χ0) is 17.0. The first-order valence-electron chi connectivity index (χ1n) is 8.03. The van der Waals surface area contributed by atoms with Crippen LogP contribution in [0.3, 0.4) is 0 Å². The number of likely N-dealkylation sites (tertiary alicyclic amines) is 1. The summed E-state index contributed by atoms with van der Waals surface area (Å²) in [5, 5.41) is 0. The van der Waals surface area contributed by atoms with Crippen LogP contribution < -0.4 is 4.74 Å². The monoisotopic (exact) mass is 319 g/mol. The Labute approximate surface area is 137 Å². The van der Waals surface area contributed by atoms with E-state index < -0.39 is 11.7 Å². The van der Waals surface area contributed by atoms with Crippen LogP contribution in [0.25, 0.3) is 0 Å². The minimum Gasteiger partial charge on any atom is -0.494 e. The fraction of sp³-hybridized carbons (Fsp3) is 0.556. The molecule has 0 N–H and O–H groups in total. The molecule has 1 atom stereocenters. The summed E-state index contributed by atoms with van der Waals surface area (Å²) in [6.45, 7) is 8.64. The average Bonchev–Trinajstić information content (AvgIpc) is 2.47. The van der Waals surface area contributed by atoms with Crippen molar-refractivity contribution in [1.29, 1.82) is 0 Å². The SMILES string of the molecule is CCOc1ccc([C@H]2CCN(C(=O)OC(C)(C)C)CC2=O)cc1. The summed E-state index contributed by atoms with van der Waals surface area (Å²) < 4.78 is 10.7. The highest BCUT2D eigenvalue weighted by atomic mass is 16.6. The Kier molecular flexibility index (Phi) is 5.29. The molecule has 0 spiro atoms. The molecule has 1 heterocycles. The summed E-state index contributed by atoms with van der Waals surface area (Å²) in [7, 11) is 0. The van der Waals surface area contributed by atoms with E-state index in [9.17, 15) is 9.59 Å². The van der Waals surface area contributed by atoms with Crippen LogP contribution in [-0.2, 0) is 9.53 Å². The maximum atomic E-state index is 12.4. The van der Waals surface area contributed by atoms with Gasteiger partial charge in [-0.1, -0.05) is 12.1 Å². The van der Waals surface area contributed by atoms with Crippen molar-refractivity contribution in [3.8, 4) is 5.75 Å². The second-order valence-electron chi connectivity index (χ2n) is 6.71. The molecule has 1 amide bonds. The lowest BCUT2D eigenvalue weighted by molar-refractivity contribution is -0.123. The molecule has 0 radical (unpaired) electrons. The van der Waals surface area contributed by atoms with Gasteiger partial charge in [0.2, 0.25) is 0 Å². The lowest BCUT2D eigenvalue weighted by atomic mass is 9.88. The van der Waals surface area contributed by atoms with E-state index in [2.05, 4.69) is 0 Å². The van der Waals surface area contributed by atoms with Crippen molar-refractivity contribution >= 4 is 11.9 Å². The van der Waals surface area contributed by atoms with Crippen molar-refractivity contribution in [2.45, 2.75) is 45.6 Å². The molecule has 1 aliphatic rings. The maximum absolute atomic E-state index is 12.4. The summed E-state index contributed by atoms with van der Waals surface area (Å²) >= 11 is 0. The van der Waals surface area contributed by atoms with Crippen molar-refractivity contribution in [3.63, 3.8) is 0 Å². The third kappa shape index (κ3) is 4.71. The van der Waals surface area contributed by atoms with Gasteiger partial charge in [0.05, 0.1) is 13.2 Å². The predicted molar refractivity (Wildman–Crippen MR) is 87.8 cm³/mol. The molecule has 126 valence electrons. The third-order valence-corrected chi connectivity index (χ3v) is 3.67. The van der Waals surface area contributed by atoms with Gasteiger partial charge in [0, 0.05) is 12.5 Å². The van der Waals surface area contributed by atoms with E-state index in [-0.39, 0.29) is 18.2 Å². The molecule has 0 bridgehead atoms. The largest absolute Gasteiger partial charge is 0.494 e. The standard InChI is InChI=1S/C18H25NO4/c1-5-22-14-8-6-13(7-9-14)15-10-11-19(12-16(15)20)17(21)23-18(2,3)4/h6-9,15H,5,10-12H2,1-4H3/t15-/m1/s1. The summed E-state index contributed by atoms with van der Waals surface area (Å²) in [6, 6.07) is 7.62. The number of hydrogen-bond acceptors (Lipinski definition) is 4. The topological polar surface area (TPSA) is 55.8 Å². The number of ether oxygens (including phenoxy) is 2. The Morgan fingerprint density at radius 3 is 2.43 bits per heavy atom. The molecule has 5 nitrogen and oxygen atoms in total. The smallest absolute Gasteiger partial charge is 0.410 e. The molecule has 5 heteroatoms. The first-order chi connectivity index (χ1) is 10.8. The minimum absolute atomic E-state index is 0.0475. The Bertz CT molecular complexity index is 559. The van der Waals surface area contributed by atoms with Crippen molar-refractivity contribution in [2.75, 3.05) is 19.7 Å². The fourth-order valence-electron chi connectivity index (χ4n) is 2.62. The number of benzene rings is 1. The highest BCUT2D eigenvalue weighted by Gasteiger charge is 2.32. The van der Waals surface area contributed by atoms with Gasteiger partial charge in [0.1, 0.15) is 11.4 Å². The number of amides is 1. The molecule has 0 aromatic heterocycles. The molecule has 0 saturated carbocycles. The predicted octanol–water partition coefficient (Wildman–Crippen LogP) is 3.38. The zero-order valence-electron chi connectivity index (χ0n) is 14.3. The van der Waals surface area contributed by atoms with Gasteiger partial charge in [-0.3, -0.25) is 4.79 Å². The number of nitrogens with zero attached hydrogens (tertiary/aromatic N) is 1. The van der Waals surface area contributed by atoms with Crippen LogP contribution in [0.1, 0.15) is 45.6 Å². The Balaban J connectivity index is 1.98. The van der Waals surface area contributed by atoms with Crippen molar-refractivity contribution < 1.29 is 19.1 Å². The molecule has 1 fully saturated rings. The molecule has 0 unspecified atom stereocenters. The first-order valence-corrected chi connectivity index (χ1v) is 8.03. The summed E-state index contributed by atoms with van der Waals surface area (Å²) in [5.41, 5.74) is 0.425. The van der Waals surface area contributed by atoms with Crippen molar-refractivity contribution in [2.24, 2.45) is 0 Å². The number of rotatable bonds is 3. The molecule has 1 saturated heterocycles. The van der Waals surface area contributed by atoms with E-state index in [4.69, 9.17) is 9.47 Å². The average molecular weight is 319 g/mol. The number of piperidine rings is 1. The van der Waals surface area contributed by atoms with Gasteiger partial charge in [-0.15, -0.1) is 0 Å². The van der Waals surface area contributed by atoms with Gasteiger partial charge in [-0.2, -0.15) is 0 Å². The van der Waals surface area contributed by atoms with E-state index in [1.54, 1.807) is 0 Å². The van der Waals surface area contributed by atoms with E-state index in [0.717, 1.165) is 11.3 Å². The highest BCUT2D eigenvalue weighted by molar-refractivity contribution is 5.90. The van der Waals surface area contributed by atoms with E-state index in [1.165, 1.54) is 4.90 Å². The summed E-state index contributed by atoms with van der Waals surface area (Å²) in [5.74, 6) is 0.686. The molecular formula is C18H25NO4. The second kappa shape index (κ2) is 7.02. The van der Waals surface area contributed by atoms with Crippen LogP contribution in [0.5, 0.6) is 5.75 Å². The number of hydrogen-bond donors (Lipinski definition) is 0. The first kappa shape index (κ1) is 17.3. The van der Waals surface area contributed by atoms with E-state index >= 15 is 0 Å².